The third-order valence-electron chi connectivity index (χ3n) is 4.05. The molecule has 0 unspecified atom stereocenters. The average molecular weight is 370 g/mol. The lowest BCUT2D eigenvalue weighted by Crippen LogP contribution is -1.70. The van der Waals surface area contributed by atoms with Crippen molar-refractivity contribution < 1.29 is 4.42 Å². The fourth-order valence-electron chi connectivity index (χ4n) is 2.70. The maximum atomic E-state index is 5.12. The molecule has 0 atom stereocenters. The van der Waals surface area contributed by atoms with Gasteiger partial charge in [-0.3, -0.25) is 0 Å². The number of nitrogens with one attached hydrogen (secondary N) is 1. The predicted molar refractivity (Wildman–Crippen MR) is 114 cm³/mol. The second-order valence-electron chi connectivity index (χ2n) is 5.84. The van der Waals surface area contributed by atoms with Crippen molar-refractivity contribution in [3.63, 3.8) is 0 Å². The van der Waals surface area contributed by atoms with Gasteiger partial charge in [0.25, 0.3) is 0 Å². The molecule has 0 saturated heterocycles. The van der Waals surface area contributed by atoms with Gasteiger partial charge in [-0.2, -0.15) is 0 Å². The first-order chi connectivity index (χ1) is 13.4. The molecule has 2 aromatic carbocycles. The van der Waals surface area contributed by atoms with Gasteiger partial charge in [-0.25, -0.2) is 4.98 Å². The molecule has 4 heteroatoms. The first kappa shape index (κ1) is 17.1. The Balaban J connectivity index is 0.0000001000. The zero-order valence-corrected chi connectivity index (χ0v) is 15.4. The van der Waals surface area contributed by atoms with Crippen molar-refractivity contribution >= 4 is 43.4 Å². The average Bonchev–Trinajstić information content (AvgIpc) is 3.48. The van der Waals surface area contributed by atoms with E-state index in [0.717, 1.165) is 22.0 Å². The first-order valence-electron chi connectivity index (χ1n) is 8.63. The quantitative estimate of drug-likeness (QED) is 0.316. The number of pyridine rings is 1. The van der Waals surface area contributed by atoms with Gasteiger partial charge < -0.3 is 9.40 Å². The van der Waals surface area contributed by atoms with Crippen molar-refractivity contribution in [2.75, 3.05) is 0 Å². The second-order valence-corrected chi connectivity index (χ2v) is 6.78. The lowest BCUT2D eigenvalue weighted by Gasteiger charge is -1.82. The summed E-state index contributed by atoms with van der Waals surface area (Å²) in [5, 5.41) is 5.79. The van der Waals surface area contributed by atoms with E-state index in [1.807, 2.05) is 54.7 Å². The number of furan rings is 1. The smallest absolute Gasteiger partial charge is 0.137 e. The van der Waals surface area contributed by atoms with Gasteiger partial charge in [0.1, 0.15) is 11.2 Å². The predicted octanol–water partition coefficient (Wildman–Crippen LogP) is 6.90. The number of aromatic amines is 1. The molecule has 0 spiro atoms. The van der Waals surface area contributed by atoms with E-state index in [9.17, 15) is 0 Å². The van der Waals surface area contributed by atoms with Gasteiger partial charge in [-0.05, 0) is 53.2 Å². The van der Waals surface area contributed by atoms with Gasteiger partial charge in [0.15, 0.2) is 0 Å². The molecule has 0 amide bonds. The lowest BCUT2D eigenvalue weighted by molar-refractivity contribution is 0.616. The molecule has 0 fully saturated rings. The van der Waals surface area contributed by atoms with Crippen LogP contribution in [0.2, 0.25) is 0 Å². The molecule has 4 heterocycles. The van der Waals surface area contributed by atoms with Crippen LogP contribution < -0.4 is 0 Å². The van der Waals surface area contributed by atoms with Crippen molar-refractivity contribution in [2.45, 2.75) is 0 Å². The molecule has 0 aliphatic carbocycles. The van der Waals surface area contributed by atoms with Gasteiger partial charge >= 0.3 is 0 Å². The summed E-state index contributed by atoms with van der Waals surface area (Å²) in [6.45, 7) is 0. The summed E-state index contributed by atoms with van der Waals surface area (Å²) >= 11 is 1.79. The third-order valence-corrected chi connectivity index (χ3v) is 4.94. The summed E-state index contributed by atoms with van der Waals surface area (Å²) in [7, 11) is 0. The molecular weight excluding hydrogens is 352 g/mol. The first-order valence-corrected chi connectivity index (χ1v) is 9.51. The van der Waals surface area contributed by atoms with Crippen LogP contribution in [0.3, 0.4) is 0 Å². The number of fused-ring (bicyclic) bond motifs is 3. The Hall–Kier alpha value is -3.37. The number of hydrogen-bond donors (Lipinski definition) is 1. The Morgan fingerprint density at radius 3 is 2.41 bits per heavy atom. The minimum Gasteiger partial charge on any atom is -0.464 e. The van der Waals surface area contributed by atoms with E-state index in [2.05, 4.69) is 45.7 Å². The molecular formula is C23H18N2OS. The maximum Gasteiger partial charge on any atom is 0.137 e. The van der Waals surface area contributed by atoms with E-state index >= 15 is 0 Å². The van der Waals surface area contributed by atoms with Crippen molar-refractivity contribution in [2.24, 2.45) is 0 Å². The largest absolute Gasteiger partial charge is 0.464 e. The minimum atomic E-state index is 0.956. The molecule has 0 radical (unpaired) electrons. The fourth-order valence-corrected chi connectivity index (χ4v) is 3.49. The maximum absolute atomic E-state index is 5.12. The third kappa shape index (κ3) is 4.25. The molecule has 0 aliphatic rings. The molecule has 4 aromatic heterocycles. The van der Waals surface area contributed by atoms with E-state index < -0.39 is 0 Å². The normalized spacial score (nSPS) is 10.2. The Labute approximate surface area is 160 Å². The molecule has 1 N–H and O–H groups in total. The van der Waals surface area contributed by atoms with Crippen LogP contribution in [-0.4, -0.2) is 9.97 Å². The molecule has 27 heavy (non-hydrogen) atoms. The number of rotatable bonds is 0. The summed E-state index contributed by atoms with van der Waals surface area (Å²) in [4.78, 5) is 7.09. The van der Waals surface area contributed by atoms with Gasteiger partial charge in [0.05, 0.1) is 6.26 Å². The summed E-state index contributed by atoms with van der Waals surface area (Å²) < 4.78 is 6.49. The highest BCUT2D eigenvalue weighted by Crippen LogP contribution is 2.18. The summed E-state index contributed by atoms with van der Waals surface area (Å²) in [5.74, 6) is 0. The highest BCUT2D eigenvalue weighted by Gasteiger charge is 1.90. The van der Waals surface area contributed by atoms with Crippen molar-refractivity contribution in [1.29, 1.82) is 0 Å². The number of nitrogens with zero attached hydrogens (tertiary/aromatic N) is 1. The molecule has 3 nitrogen and oxygen atoms in total. The highest BCUT2D eigenvalue weighted by molar-refractivity contribution is 7.17. The zero-order valence-electron chi connectivity index (χ0n) is 14.6. The van der Waals surface area contributed by atoms with Crippen molar-refractivity contribution in [3.8, 4) is 0 Å². The number of benzene rings is 2. The van der Waals surface area contributed by atoms with Crippen LogP contribution >= 0.6 is 11.3 Å². The van der Waals surface area contributed by atoms with E-state index in [1.54, 1.807) is 23.8 Å². The van der Waals surface area contributed by atoms with E-state index in [-0.39, 0.29) is 0 Å². The number of H-pyrrole nitrogens is 1. The number of aromatic nitrogens is 2. The van der Waals surface area contributed by atoms with Crippen molar-refractivity contribution in [1.82, 2.24) is 9.97 Å². The Kier molecular flexibility index (Phi) is 5.27. The van der Waals surface area contributed by atoms with Crippen LogP contribution in [-0.2, 0) is 0 Å². The Morgan fingerprint density at radius 1 is 0.741 bits per heavy atom. The molecule has 0 aliphatic heterocycles. The Morgan fingerprint density at radius 2 is 1.56 bits per heavy atom. The van der Waals surface area contributed by atoms with Gasteiger partial charge in [0.2, 0.25) is 0 Å². The van der Waals surface area contributed by atoms with Crippen LogP contribution in [0.1, 0.15) is 0 Å². The van der Waals surface area contributed by atoms with E-state index in [1.165, 1.54) is 10.1 Å². The lowest BCUT2D eigenvalue weighted by atomic mass is 10.3. The molecule has 0 bridgehead atoms. The topological polar surface area (TPSA) is 41.8 Å². The molecule has 0 saturated carbocycles. The molecule has 132 valence electrons. The zero-order chi connectivity index (χ0) is 18.3. The van der Waals surface area contributed by atoms with Gasteiger partial charge in [-0.15, -0.1) is 11.3 Å². The summed E-state index contributed by atoms with van der Waals surface area (Å²) in [6, 6.07) is 26.4. The van der Waals surface area contributed by atoms with Crippen LogP contribution in [0.25, 0.3) is 32.1 Å². The Bertz CT molecular complexity index is 1000. The fraction of sp³-hybridized carbons (Fsp3) is 0. The minimum absolute atomic E-state index is 0.956. The van der Waals surface area contributed by atoms with E-state index in [0.29, 0.717) is 0 Å². The number of thiophene rings is 1. The highest BCUT2D eigenvalue weighted by atomic mass is 32.1. The SMILES string of the molecule is c1ccc2occc2c1.c1ccc2sccc2c1.c1cnc2[nH]ccc2c1. The molecule has 6 rings (SSSR count). The van der Waals surface area contributed by atoms with Crippen LogP contribution in [0, 0.1) is 0 Å². The number of para-hydroxylation sites is 1. The molecule has 6 aromatic rings. The number of hydrogen-bond acceptors (Lipinski definition) is 3. The van der Waals surface area contributed by atoms with Crippen LogP contribution in [0.5, 0.6) is 0 Å². The summed E-state index contributed by atoms with van der Waals surface area (Å²) in [6.07, 6.45) is 5.36. The summed E-state index contributed by atoms with van der Waals surface area (Å²) in [5.41, 5.74) is 1.91. The van der Waals surface area contributed by atoms with Crippen LogP contribution in [0.15, 0.2) is 107 Å². The standard InChI is InChI=1S/C8H6O.C8H6S.C7H6N2/c2*1-2-4-8-7(3-1)5-6-9-8;1-2-6-3-5-9-7(6)8-4-1/h2*1-6H;1-5H,(H,8,9). The van der Waals surface area contributed by atoms with Gasteiger partial charge in [-0.1, -0.05) is 36.4 Å². The van der Waals surface area contributed by atoms with E-state index in [4.69, 9.17) is 4.42 Å². The van der Waals surface area contributed by atoms with Crippen LogP contribution in [0.4, 0.5) is 0 Å². The van der Waals surface area contributed by atoms with Gasteiger partial charge in [0, 0.05) is 27.9 Å². The van der Waals surface area contributed by atoms with Crippen molar-refractivity contribution in [3.05, 3.63) is 103 Å². The monoisotopic (exact) mass is 370 g/mol. The second kappa shape index (κ2) is 8.34.